The molecular formula is C28H39FN8. The standard InChI is InChI=1S/C28H39FN8/c29-24-8-4-1-5-20(24)17-19-13-15-36(16-14-19)35-26-25-27(37(18-31-25)23-6-2-3-7-23)34-28(33-26)32-22-11-9-21(30)10-12-22/h1,4-5,8,18-19,21-23H,2-3,6-7,9-17,30H2,(H2,32,33,34,35). The molecule has 0 amide bonds. The Labute approximate surface area is 218 Å². The largest absolute Gasteiger partial charge is 0.351 e. The molecule has 9 heteroatoms. The topological polar surface area (TPSA) is 96.9 Å². The van der Waals surface area contributed by atoms with Crippen LogP contribution >= 0.6 is 0 Å². The number of benzene rings is 1. The Morgan fingerprint density at radius 3 is 2.46 bits per heavy atom. The summed E-state index contributed by atoms with van der Waals surface area (Å²) in [5, 5.41) is 5.84. The summed E-state index contributed by atoms with van der Waals surface area (Å²) in [5.74, 6) is 1.83. The Kier molecular flexibility index (Phi) is 7.24. The van der Waals surface area contributed by atoms with Crippen LogP contribution in [0.3, 0.4) is 0 Å². The molecule has 0 atom stereocenters. The molecule has 2 aromatic heterocycles. The summed E-state index contributed by atoms with van der Waals surface area (Å²) in [4.78, 5) is 14.7. The Morgan fingerprint density at radius 2 is 1.70 bits per heavy atom. The number of piperidine rings is 1. The van der Waals surface area contributed by atoms with Gasteiger partial charge in [-0.2, -0.15) is 9.97 Å². The minimum atomic E-state index is -0.0933. The van der Waals surface area contributed by atoms with Crippen molar-refractivity contribution in [2.45, 2.75) is 88.8 Å². The van der Waals surface area contributed by atoms with Crippen molar-refractivity contribution in [3.8, 4) is 0 Å². The second-order valence-corrected chi connectivity index (χ2v) is 11.3. The van der Waals surface area contributed by atoms with Crippen LogP contribution in [-0.2, 0) is 6.42 Å². The smallest absolute Gasteiger partial charge is 0.227 e. The van der Waals surface area contributed by atoms with Crippen LogP contribution in [0.15, 0.2) is 30.6 Å². The molecule has 1 aliphatic heterocycles. The third-order valence-electron chi connectivity index (χ3n) is 8.59. The van der Waals surface area contributed by atoms with Gasteiger partial charge in [-0.15, -0.1) is 0 Å². The molecule has 2 saturated carbocycles. The predicted molar refractivity (Wildman–Crippen MR) is 145 cm³/mol. The molecule has 37 heavy (non-hydrogen) atoms. The number of fused-ring (bicyclic) bond motifs is 1. The lowest BCUT2D eigenvalue weighted by molar-refractivity contribution is 0.215. The van der Waals surface area contributed by atoms with Crippen molar-refractivity contribution in [1.82, 2.24) is 24.5 Å². The normalized spacial score (nSPS) is 24.1. The molecule has 198 valence electrons. The fourth-order valence-corrected chi connectivity index (χ4v) is 6.33. The van der Waals surface area contributed by atoms with E-state index in [0.29, 0.717) is 30.0 Å². The molecule has 8 nitrogen and oxygen atoms in total. The van der Waals surface area contributed by atoms with Gasteiger partial charge in [-0.05, 0) is 75.3 Å². The fraction of sp³-hybridized carbons (Fsp3) is 0.607. The predicted octanol–water partition coefficient (Wildman–Crippen LogP) is 5.04. The van der Waals surface area contributed by atoms with Crippen LogP contribution in [0, 0.1) is 11.7 Å². The summed E-state index contributed by atoms with van der Waals surface area (Å²) in [7, 11) is 0. The van der Waals surface area contributed by atoms with E-state index in [4.69, 9.17) is 20.7 Å². The number of nitrogens with two attached hydrogens (primary N) is 1. The highest BCUT2D eigenvalue weighted by Crippen LogP contribution is 2.34. The number of nitrogens with one attached hydrogen (secondary N) is 2. The first-order valence-electron chi connectivity index (χ1n) is 14.1. The van der Waals surface area contributed by atoms with Crippen molar-refractivity contribution in [2.24, 2.45) is 11.7 Å². The Morgan fingerprint density at radius 1 is 0.946 bits per heavy atom. The molecule has 3 heterocycles. The number of hydrogen-bond donors (Lipinski definition) is 3. The van der Waals surface area contributed by atoms with Gasteiger partial charge < -0.3 is 21.0 Å². The Hall–Kier alpha value is -2.78. The lowest BCUT2D eigenvalue weighted by Gasteiger charge is -2.32. The van der Waals surface area contributed by atoms with E-state index in [1.165, 1.54) is 25.7 Å². The number of aromatic nitrogens is 4. The highest BCUT2D eigenvalue weighted by atomic mass is 19.1. The number of imidazole rings is 1. The van der Waals surface area contributed by atoms with Crippen LogP contribution in [0.25, 0.3) is 11.2 Å². The van der Waals surface area contributed by atoms with Gasteiger partial charge >= 0.3 is 0 Å². The zero-order valence-corrected chi connectivity index (χ0v) is 21.6. The van der Waals surface area contributed by atoms with Crippen LogP contribution in [0.1, 0.15) is 75.8 Å². The van der Waals surface area contributed by atoms with Gasteiger partial charge in [-0.3, -0.25) is 0 Å². The van der Waals surface area contributed by atoms with E-state index in [9.17, 15) is 4.39 Å². The summed E-state index contributed by atoms with van der Waals surface area (Å²) in [6, 6.07) is 8.27. The second kappa shape index (κ2) is 10.9. The van der Waals surface area contributed by atoms with Crippen molar-refractivity contribution in [3.63, 3.8) is 0 Å². The van der Waals surface area contributed by atoms with E-state index in [0.717, 1.165) is 80.6 Å². The number of halogens is 1. The molecule has 6 rings (SSSR count). The van der Waals surface area contributed by atoms with Gasteiger partial charge in [0.15, 0.2) is 17.0 Å². The Balaban J connectivity index is 1.18. The summed E-state index contributed by atoms with van der Waals surface area (Å²) in [6.07, 6.45) is 13.8. The lowest BCUT2D eigenvalue weighted by Crippen LogP contribution is -2.39. The third-order valence-corrected chi connectivity index (χ3v) is 8.59. The number of hydrazine groups is 1. The summed E-state index contributed by atoms with van der Waals surface area (Å²) < 4.78 is 16.4. The molecule has 1 aromatic carbocycles. The first kappa shape index (κ1) is 24.6. The highest BCUT2D eigenvalue weighted by Gasteiger charge is 2.26. The zero-order valence-electron chi connectivity index (χ0n) is 21.6. The second-order valence-electron chi connectivity index (χ2n) is 11.3. The minimum Gasteiger partial charge on any atom is -0.351 e. The maximum atomic E-state index is 14.1. The molecule has 0 unspecified atom stereocenters. The van der Waals surface area contributed by atoms with Crippen LogP contribution < -0.4 is 16.5 Å². The van der Waals surface area contributed by atoms with Crippen molar-refractivity contribution < 1.29 is 4.39 Å². The van der Waals surface area contributed by atoms with Crippen molar-refractivity contribution >= 4 is 22.9 Å². The molecule has 4 N–H and O–H groups in total. The monoisotopic (exact) mass is 506 g/mol. The third kappa shape index (κ3) is 5.57. The maximum Gasteiger partial charge on any atom is 0.227 e. The van der Waals surface area contributed by atoms with Crippen LogP contribution in [0.2, 0.25) is 0 Å². The maximum absolute atomic E-state index is 14.1. The number of rotatable bonds is 7. The van der Waals surface area contributed by atoms with Gasteiger partial charge in [0.2, 0.25) is 5.95 Å². The summed E-state index contributed by atoms with van der Waals surface area (Å²) >= 11 is 0. The highest BCUT2D eigenvalue weighted by molar-refractivity contribution is 5.84. The molecular weight excluding hydrogens is 467 g/mol. The van der Waals surface area contributed by atoms with Crippen LogP contribution in [0.5, 0.6) is 0 Å². The summed E-state index contributed by atoms with van der Waals surface area (Å²) in [6.45, 7) is 1.77. The molecule has 0 radical (unpaired) electrons. The van der Waals surface area contributed by atoms with Crippen molar-refractivity contribution in [2.75, 3.05) is 23.8 Å². The molecule has 1 saturated heterocycles. The van der Waals surface area contributed by atoms with Gasteiger partial charge in [0.25, 0.3) is 0 Å². The van der Waals surface area contributed by atoms with E-state index in [2.05, 4.69) is 20.3 Å². The number of hydrogen-bond acceptors (Lipinski definition) is 7. The molecule has 0 bridgehead atoms. The van der Waals surface area contributed by atoms with Crippen LogP contribution in [0.4, 0.5) is 16.2 Å². The average molecular weight is 507 g/mol. The van der Waals surface area contributed by atoms with E-state index in [-0.39, 0.29) is 5.82 Å². The molecule has 2 aliphatic carbocycles. The minimum absolute atomic E-state index is 0.0933. The SMILES string of the molecule is NC1CCC(Nc2nc(NN3CCC(Cc4ccccc4F)CC3)c3ncn(C4CCCC4)c3n2)CC1. The van der Waals surface area contributed by atoms with E-state index < -0.39 is 0 Å². The first-order valence-corrected chi connectivity index (χ1v) is 14.1. The lowest BCUT2D eigenvalue weighted by atomic mass is 9.90. The van der Waals surface area contributed by atoms with E-state index in [1.807, 2.05) is 18.5 Å². The van der Waals surface area contributed by atoms with Crippen LogP contribution in [-0.4, -0.2) is 49.7 Å². The fourth-order valence-electron chi connectivity index (χ4n) is 6.33. The molecule has 0 spiro atoms. The summed E-state index contributed by atoms with van der Waals surface area (Å²) in [5.41, 5.74) is 12.3. The van der Waals surface area contributed by atoms with Gasteiger partial charge in [0.05, 0.1) is 6.33 Å². The van der Waals surface area contributed by atoms with Crippen molar-refractivity contribution in [1.29, 1.82) is 0 Å². The molecule has 3 fully saturated rings. The van der Waals surface area contributed by atoms with Gasteiger partial charge in [0, 0.05) is 31.2 Å². The number of anilines is 2. The average Bonchev–Trinajstić information content (AvgIpc) is 3.58. The van der Waals surface area contributed by atoms with Gasteiger partial charge in [0.1, 0.15) is 5.82 Å². The van der Waals surface area contributed by atoms with Crippen molar-refractivity contribution in [3.05, 3.63) is 42.0 Å². The Bertz CT molecular complexity index is 1190. The van der Waals surface area contributed by atoms with Gasteiger partial charge in [-0.25, -0.2) is 14.4 Å². The van der Waals surface area contributed by atoms with E-state index >= 15 is 0 Å². The first-order chi connectivity index (χ1) is 18.1. The molecule has 3 aromatic rings. The van der Waals surface area contributed by atoms with Gasteiger partial charge in [-0.1, -0.05) is 31.0 Å². The quantitative estimate of drug-likeness (QED) is 0.413. The van der Waals surface area contributed by atoms with E-state index in [1.54, 1.807) is 12.1 Å². The zero-order chi connectivity index (χ0) is 25.2. The number of nitrogens with zero attached hydrogens (tertiary/aromatic N) is 5. The molecule has 3 aliphatic rings.